The zero-order chi connectivity index (χ0) is 68.2. The van der Waals surface area contributed by atoms with Gasteiger partial charge in [0, 0.05) is 68.2 Å². The summed E-state index contributed by atoms with van der Waals surface area (Å²) in [6.07, 6.45) is 0. The van der Waals surface area contributed by atoms with Gasteiger partial charge in [0.05, 0.1) is 0 Å². The first-order chi connectivity index (χ1) is 50.6. The van der Waals surface area contributed by atoms with E-state index in [2.05, 4.69) is 456 Å². The van der Waals surface area contributed by atoms with Crippen molar-refractivity contribution in [3.05, 3.63) is 459 Å². The van der Waals surface area contributed by atoms with Crippen LogP contribution in [0.1, 0.15) is 22.3 Å². The lowest BCUT2D eigenvalue weighted by atomic mass is 9.84. The Kier molecular flexibility index (Phi) is 18.4. The lowest BCUT2D eigenvalue weighted by molar-refractivity contribution is 1.28. The molecule has 16 rings (SSSR count). The first kappa shape index (κ1) is 63.2. The van der Waals surface area contributed by atoms with E-state index in [1.807, 2.05) is 0 Å². The number of rotatable bonds is 20. The van der Waals surface area contributed by atoms with Crippen molar-refractivity contribution in [3.8, 4) is 44.5 Å². The third kappa shape index (κ3) is 13.7. The minimum atomic E-state index is 1.09. The third-order valence-corrected chi connectivity index (χ3v) is 18.9. The molecule has 0 amide bonds. The molecule has 0 heterocycles. The van der Waals surface area contributed by atoms with Gasteiger partial charge in [0.1, 0.15) is 0 Å². The van der Waals surface area contributed by atoms with Crippen LogP contribution >= 0.6 is 0 Å². The molecule has 16 aromatic rings. The third-order valence-electron chi connectivity index (χ3n) is 18.9. The molecule has 0 spiro atoms. The van der Waals surface area contributed by atoms with Crippen molar-refractivity contribution in [2.45, 2.75) is 0 Å². The monoisotopic (exact) mass is 1300 g/mol. The fraction of sp³-hybridized carbons (Fsp3) is 0. The van der Waals surface area contributed by atoms with E-state index >= 15 is 0 Å². The number of para-hydroxylation sites is 8. The van der Waals surface area contributed by atoms with Gasteiger partial charge in [0.25, 0.3) is 0 Å². The first-order valence-corrected chi connectivity index (χ1v) is 34.8. The van der Waals surface area contributed by atoms with Crippen LogP contribution in [-0.4, -0.2) is 0 Å². The molecule has 0 saturated carbocycles. The molecule has 4 nitrogen and oxygen atoms in total. The number of benzene rings is 16. The Balaban J connectivity index is 0.804. The average Bonchev–Trinajstić information content (AvgIpc) is 0.778. The van der Waals surface area contributed by atoms with Gasteiger partial charge in [-0.1, -0.05) is 291 Å². The molecule has 0 unspecified atom stereocenters. The molecule has 0 bridgehead atoms. The zero-order valence-corrected chi connectivity index (χ0v) is 56.4. The Morgan fingerprint density at radius 3 is 0.343 bits per heavy atom. The van der Waals surface area contributed by atoms with Gasteiger partial charge in [-0.15, -0.1) is 0 Å². The molecule has 0 N–H and O–H groups in total. The Morgan fingerprint density at radius 2 is 0.216 bits per heavy atom. The Hall–Kier alpha value is -13.5. The number of anilines is 12. The van der Waals surface area contributed by atoms with Crippen LogP contribution in [0.5, 0.6) is 0 Å². The van der Waals surface area contributed by atoms with E-state index in [0.717, 1.165) is 146 Å². The minimum absolute atomic E-state index is 1.09. The molecule has 4 heteroatoms. The second-order valence-electron chi connectivity index (χ2n) is 25.3. The normalized spacial score (nSPS) is 10.9. The van der Waals surface area contributed by atoms with E-state index in [0.29, 0.717) is 0 Å². The highest BCUT2D eigenvalue weighted by molar-refractivity contribution is 6.05. The smallest absolute Gasteiger partial charge is 0.0462 e. The van der Waals surface area contributed by atoms with Crippen LogP contribution in [0.3, 0.4) is 0 Å². The SMILES string of the molecule is c1ccc(N(c2ccccc2)c2ccc(-c3ccc(C(=C(c4ccc(-c5ccc(N(c6ccccc6)c6ccccc6)cc5)cc4)c4ccc(-c5ccc(N(c6ccccc6)c6ccccc6)cc5)cc4)c4ccc(-c5ccc(N(c6ccccc6)c6ccccc6)cc5)cc4)cc3)cc2)cc1. The maximum Gasteiger partial charge on any atom is 0.0462 e. The Morgan fingerprint density at radius 1 is 0.108 bits per heavy atom. The zero-order valence-electron chi connectivity index (χ0n) is 56.4. The van der Waals surface area contributed by atoms with Gasteiger partial charge in [0.2, 0.25) is 0 Å². The van der Waals surface area contributed by atoms with Crippen molar-refractivity contribution < 1.29 is 0 Å². The van der Waals surface area contributed by atoms with Gasteiger partial charge in [-0.05, 0) is 224 Å². The molecular weight excluding hydrogens is 1230 g/mol. The number of nitrogens with zero attached hydrogens (tertiary/aromatic N) is 4. The van der Waals surface area contributed by atoms with Gasteiger partial charge in [0.15, 0.2) is 0 Å². The molecule has 0 aliphatic heterocycles. The lowest BCUT2D eigenvalue weighted by Crippen LogP contribution is -2.09. The van der Waals surface area contributed by atoms with Crippen LogP contribution in [0.2, 0.25) is 0 Å². The molecule has 0 fully saturated rings. The second kappa shape index (κ2) is 29.7. The van der Waals surface area contributed by atoms with E-state index in [4.69, 9.17) is 0 Å². The van der Waals surface area contributed by atoms with E-state index in [9.17, 15) is 0 Å². The van der Waals surface area contributed by atoms with Crippen LogP contribution < -0.4 is 19.6 Å². The Labute approximate surface area is 598 Å². The second-order valence-corrected chi connectivity index (χ2v) is 25.3. The topological polar surface area (TPSA) is 13.0 Å². The van der Waals surface area contributed by atoms with Crippen LogP contribution in [0.25, 0.3) is 55.7 Å². The lowest BCUT2D eigenvalue weighted by Gasteiger charge is -2.25. The average molecular weight is 1310 g/mol. The summed E-state index contributed by atoms with van der Waals surface area (Å²) in [6.45, 7) is 0. The summed E-state index contributed by atoms with van der Waals surface area (Å²) < 4.78 is 0. The molecule has 0 radical (unpaired) electrons. The van der Waals surface area contributed by atoms with Crippen LogP contribution in [0, 0.1) is 0 Å². The molecule has 484 valence electrons. The van der Waals surface area contributed by atoms with E-state index in [1.165, 1.54) is 0 Å². The van der Waals surface area contributed by atoms with Crippen LogP contribution in [-0.2, 0) is 0 Å². The minimum Gasteiger partial charge on any atom is -0.311 e. The highest BCUT2D eigenvalue weighted by Crippen LogP contribution is 2.44. The van der Waals surface area contributed by atoms with Crippen LogP contribution in [0.15, 0.2) is 437 Å². The number of hydrogen-bond donors (Lipinski definition) is 0. The van der Waals surface area contributed by atoms with Crippen molar-refractivity contribution in [2.75, 3.05) is 19.6 Å². The predicted octanol–water partition coefficient (Wildman–Crippen LogP) is 27.2. The molecular formula is C98H72N4. The van der Waals surface area contributed by atoms with Gasteiger partial charge in [-0.3, -0.25) is 0 Å². The molecule has 102 heavy (non-hydrogen) atoms. The van der Waals surface area contributed by atoms with Gasteiger partial charge < -0.3 is 19.6 Å². The molecule has 0 aliphatic carbocycles. The van der Waals surface area contributed by atoms with Gasteiger partial charge in [-0.25, -0.2) is 0 Å². The van der Waals surface area contributed by atoms with Crippen molar-refractivity contribution in [2.24, 2.45) is 0 Å². The van der Waals surface area contributed by atoms with Crippen molar-refractivity contribution in [3.63, 3.8) is 0 Å². The fourth-order valence-corrected chi connectivity index (χ4v) is 13.8. The first-order valence-electron chi connectivity index (χ1n) is 34.8. The largest absolute Gasteiger partial charge is 0.311 e. The quantitative estimate of drug-likeness (QED) is 0.0705. The molecule has 0 saturated heterocycles. The molecule has 0 aromatic heterocycles. The molecule has 0 atom stereocenters. The van der Waals surface area contributed by atoms with Crippen molar-refractivity contribution in [1.29, 1.82) is 0 Å². The number of hydrogen-bond acceptors (Lipinski definition) is 4. The molecule has 16 aromatic carbocycles. The van der Waals surface area contributed by atoms with E-state index in [-0.39, 0.29) is 0 Å². The molecule has 0 aliphatic rings. The van der Waals surface area contributed by atoms with Crippen molar-refractivity contribution >= 4 is 79.4 Å². The van der Waals surface area contributed by atoms with Gasteiger partial charge >= 0.3 is 0 Å². The maximum atomic E-state index is 2.31. The summed E-state index contributed by atoms with van der Waals surface area (Å²) in [5.74, 6) is 0. The fourth-order valence-electron chi connectivity index (χ4n) is 13.8. The van der Waals surface area contributed by atoms with E-state index in [1.54, 1.807) is 0 Å². The highest BCUT2D eigenvalue weighted by Gasteiger charge is 2.21. The van der Waals surface area contributed by atoms with E-state index < -0.39 is 0 Å². The predicted molar refractivity (Wildman–Crippen MR) is 431 cm³/mol. The van der Waals surface area contributed by atoms with Crippen molar-refractivity contribution in [1.82, 2.24) is 0 Å². The highest BCUT2D eigenvalue weighted by atomic mass is 15.2. The summed E-state index contributed by atoms with van der Waals surface area (Å²) in [6, 6.07) is 157. The standard InChI is InChI=1S/C98H72N4/c1-9-25-85(26-10-1)99(86-27-11-2-12-28-86)93-65-57-77(58-66-93)73-41-49-81(50-42-73)97(82-51-43-74(44-52-82)78-59-67-94(68-60-78)100(87-29-13-3-14-30-87)88-31-15-4-16-32-88)98(83-53-45-75(46-54-83)79-61-69-95(70-62-79)101(89-33-17-5-18-34-89)90-35-19-6-20-36-90)84-55-47-76(48-56-84)80-63-71-96(72-64-80)102(91-37-21-7-22-38-91)92-39-23-8-24-40-92/h1-72H. The summed E-state index contributed by atoms with van der Waals surface area (Å²) in [7, 11) is 0. The van der Waals surface area contributed by atoms with Crippen LogP contribution in [0.4, 0.5) is 68.2 Å². The summed E-state index contributed by atoms with van der Waals surface area (Å²) in [5.41, 5.74) is 28.9. The Bertz CT molecular complexity index is 4530. The maximum absolute atomic E-state index is 2.31. The summed E-state index contributed by atoms with van der Waals surface area (Å²) in [4.78, 5) is 9.23. The van der Waals surface area contributed by atoms with Gasteiger partial charge in [-0.2, -0.15) is 0 Å². The summed E-state index contributed by atoms with van der Waals surface area (Å²) >= 11 is 0. The summed E-state index contributed by atoms with van der Waals surface area (Å²) in [5, 5.41) is 0.